The Bertz CT molecular complexity index is 909. The number of pyridine rings is 1. The van der Waals surface area contributed by atoms with Crippen LogP contribution in [0.15, 0.2) is 53.8 Å². The van der Waals surface area contributed by atoms with Crippen LogP contribution in [0.2, 0.25) is 0 Å². The molecular weight excluding hydrogens is 481 g/mol. The summed E-state index contributed by atoms with van der Waals surface area (Å²) in [5, 5.41) is 6.59. The quantitative estimate of drug-likeness (QED) is 0.273. The first kappa shape index (κ1) is 22.8. The first-order valence-corrected chi connectivity index (χ1v) is 9.52. The number of methoxy groups -OCH3 is 1. The molecule has 2 N–H and O–H groups in total. The summed E-state index contributed by atoms with van der Waals surface area (Å²) in [7, 11) is 1.63. The number of guanidine groups is 1. The molecule has 3 rings (SSSR count). The maximum atomic E-state index is 5.64. The monoisotopic (exact) mass is 509 g/mol. The van der Waals surface area contributed by atoms with Crippen LogP contribution in [0.5, 0.6) is 11.5 Å². The van der Waals surface area contributed by atoms with Crippen molar-refractivity contribution in [2.45, 2.75) is 20.3 Å². The molecule has 156 valence electrons. The number of hydrogen-bond donors (Lipinski definition) is 2. The second-order valence-electron chi connectivity index (χ2n) is 6.13. The number of fused-ring (bicyclic) bond motifs is 1. The lowest BCUT2D eigenvalue weighted by Crippen LogP contribution is -2.30. The molecule has 0 bridgehead atoms. The van der Waals surface area contributed by atoms with Crippen LogP contribution in [-0.4, -0.2) is 42.2 Å². The zero-order chi connectivity index (χ0) is 19.8. The average molecular weight is 509 g/mol. The molecule has 0 aliphatic carbocycles. The van der Waals surface area contributed by atoms with Gasteiger partial charge in [0.25, 0.3) is 0 Å². The normalized spacial score (nSPS) is 11.1. The number of rotatable bonds is 8. The number of ether oxygens (including phenoxy) is 2. The van der Waals surface area contributed by atoms with Crippen LogP contribution in [0.4, 0.5) is 5.69 Å². The van der Waals surface area contributed by atoms with Gasteiger partial charge in [0.2, 0.25) is 0 Å². The van der Waals surface area contributed by atoms with E-state index in [0.29, 0.717) is 24.7 Å². The standard InChI is InChI=1S/C21H27N5O2.HI/c1-4-22-21(25-16-9-10-18(27-3)19(14-16)28-5-2)23-12-11-17-15-26-13-7-6-8-20(26)24-17;/h6-10,13-15H,4-5,11-12H2,1-3H3,(H2,22,23,25);1H. The fourth-order valence-corrected chi connectivity index (χ4v) is 2.86. The molecule has 3 aromatic rings. The predicted molar refractivity (Wildman–Crippen MR) is 128 cm³/mol. The largest absolute Gasteiger partial charge is 0.493 e. The molecule has 8 heteroatoms. The Kier molecular flexibility index (Phi) is 9.04. The number of aliphatic imine (C=N–C) groups is 1. The number of aromatic nitrogens is 2. The molecule has 0 aliphatic rings. The Morgan fingerprint density at radius 1 is 1.17 bits per heavy atom. The number of halogens is 1. The highest BCUT2D eigenvalue weighted by atomic mass is 127. The summed E-state index contributed by atoms with van der Waals surface area (Å²) in [6.45, 7) is 5.97. The van der Waals surface area contributed by atoms with Gasteiger partial charge in [-0.3, -0.25) is 4.99 Å². The highest BCUT2D eigenvalue weighted by Crippen LogP contribution is 2.30. The van der Waals surface area contributed by atoms with Crippen molar-refractivity contribution in [3.63, 3.8) is 0 Å². The van der Waals surface area contributed by atoms with Crippen molar-refractivity contribution in [2.24, 2.45) is 4.99 Å². The number of anilines is 1. The van der Waals surface area contributed by atoms with Crippen molar-refractivity contribution >= 4 is 41.3 Å². The number of nitrogens with one attached hydrogen (secondary N) is 2. The molecule has 7 nitrogen and oxygen atoms in total. The molecule has 0 atom stereocenters. The van der Waals surface area contributed by atoms with Gasteiger partial charge in [0, 0.05) is 43.7 Å². The van der Waals surface area contributed by atoms with Gasteiger partial charge in [-0.05, 0) is 38.1 Å². The van der Waals surface area contributed by atoms with Crippen molar-refractivity contribution in [2.75, 3.05) is 32.1 Å². The number of nitrogens with zero attached hydrogens (tertiary/aromatic N) is 3. The molecule has 0 spiro atoms. The van der Waals surface area contributed by atoms with Crippen molar-refractivity contribution in [1.82, 2.24) is 14.7 Å². The van der Waals surface area contributed by atoms with Crippen molar-refractivity contribution in [3.8, 4) is 11.5 Å². The van der Waals surface area contributed by atoms with E-state index in [4.69, 9.17) is 9.47 Å². The molecular formula is C21H28IN5O2. The van der Waals surface area contributed by atoms with Gasteiger partial charge in [-0.1, -0.05) is 6.07 Å². The van der Waals surface area contributed by atoms with Crippen LogP contribution in [0.3, 0.4) is 0 Å². The Morgan fingerprint density at radius 2 is 2.03 bits per heavy atom. The second-order valence-corrected chi connectivity index (χ2v) is 6.13. The summed E-state index contributed by atoms with van der Waals surface area (Å²) in [5.41, 5.74) is 2.86. The predicted octanol–water partition coefficient (Wildman–Crippen LogP) is 3.98. The van der Waals surface area contributed by atoms with Crippen molar-refractivity contribution in [1.29, 1.82) is 0 Å². The van der Waals surface area contributed by atoms with E-state index >= 15 is 0 Å². The smallest absolute Gasteiger partial charge is 0.195 e. The second kappa shape index (κ2) is 11.5. The van der Waals surface area contributed by atoms with Gasteiger partial charge in [-0.2, -0.15) is 0 Å². The van der Waals surface area contributed by atoms with Crippen LogP contribution in [0, 0.1) is 0 Å². The third kappa shape index (κ3) is 6.25. The van der Waals surface area contributed by atoms with Crippen LogP contribution in [-0.2, 0) is 6.42 Å². The van der Waals surface area contributed by atoms with E-state index in [9.17, 15) is 0 Å². The summed E-state index contributed by atoms with van der Waals surface area (Å²) < 4.78 is 13.0. The molecule has 29 heavy (non-hydrogen) atoms. The molecule has 2 aromatic heterocycles. The lowest BCUT2D eigenvalue weighted by Gasteiger charge is -2.14. The van der Waals surface area contributed by atoms with Crippen molar-refractivity contribution in [3.05, 3.63) is 54.5 Å². The van der Waals surface area contributed by atoms with Gasteiger partial charge in [0.15, 0.2) is 17.5 Å². The molecule has 0 saturated heterocycles. The zero-order valence-electron chi connectivity index (χ0n) is 17.0. The van der Waals surface area contributed by atoms with E-state index < -0.39 is 0 Å². The van der Waals surface area contributed by atoms with E-state index in [2.05, 4.69) is 20.6 Å². The van der Waals surface area contributed by atoms with E-state index in [1.54, 1.807) is 7.11 Å². The van der Waals surface area contributed by atoms with E-state index in [1.165, 1.54) is 0 Å². The molecule has 1 aromatic carbocycles. The Morgan fingerprint density at radius 3 is 2.76 bits per heavy atom. The maximum Gasteiger partial charge on any atom is 0.195 e. The summed E-state index contributed by atoms with van der Waals surface area (Å²) in [6, 6.07) is 11.7. The molecule has 0 aliphatic heterocycles. The minimum absolute atomic E-state index is 0. The summed E-state index contributed by atoms with van der Waals surface area (Å²) in [6.07, 6.45) is 4.81. The third-order valence-corrected chi connectivity index (χ3v) is 4.12. The van der Waals surface area contributed by atoms with Gasteiger partial charge in [-0.25, -0.2) is 4.98 Å². The van der Waals surface area contributed by atoms with Crippen LogP contribution in [0.1, 0.15) is 19.5 Å². The number of hydrogen-bond acceptors (Lipinski definition) is 4. The van der Waals surface area contributed by atoms with Gasteiger partial charge >= 0.3 is 0 Å². The Labute approximate surface area is 188 Å². The molecule has 0 saturated carbocycles. The van der Waals surface area contributed by atoms with Gasteiger partial charge < -0.3 is 24.5 Å². The minimum Gasteiger partial charge on any atom is -0.493 e. The van der Waals surface area contributed by atoms with E-state index in [-0.39, 0.29) is 24.0 Å². The lowest BCUT2D eigenvalue weighted by atomic mass is 10.2. The number of imidazole rings is 1. The fourth-order valence-electron chi connectivity index (χ4n) is 2.86. The van der Waals surface area contributed by atoms with Crippen LogP contribution in [0.25, 0.3) is 5.65 Å². The van der Waals surface area contributed by atoms with E-state index in [1.807, 2.05) is 67.0 Å². The van der Waals surface area contributed by atoms with Crippen molar-refractivity contribution < 1.29 is 9.47 Å². The number of benzene rings is 1. The molecule has 0 amide bonds. The Hall–Kier alpha value is -2.49. The summed E-state index contributed by atoms with van der Waals surface area (Å²) in [4.78, 5) is 9.28. The molecule has 2 heterocycles. The summed E-state index contributed by atoms with van der Waals surface area (Å²) in [5.74, 6) is 2.13. The highest BCUT2D eigenvalue weighted by Gasteiger charge is 2.07. The first-order valence-electron chi connectivity index (χ1n) is 9.52. The molecule has 0 unspecified atom stereocenters. The topological polar surface area (TPSA) is 72.2 Å². The Balaban J connectivity index is 0.00000300. The lowest BCUT2D eigenvalue weighted by molar-refractivity contribution is 0.311. The molecule has 0 radical (unpaired) electrons. The highest BCUT2D eigenvalue weighted by molar-refractivity contribution is 14.0. The van der Waals surface area contributed by atoms with Gasteiger partial charge in [-0.15, -0.1) is 24.0 Å². The van der Waals surface area contributed by atoms with E-state index in [0.717, 1.165) is 36.0 Å². The van der Waals surface area contributed by atoms with Crippen LogP contribution < -0.4 is 20.1 Å². The van der Waals surface area contributed by atoms with Gasteiger partial charge in [0.05, 0.1) is 19.4 Å². The minimum atomic E-state index is 0. The van der Waals surface area contributed by atoms with Crippen LogP contribution >= 0.6 is 24.0 Å². The average Bonchev–Trinajstić information content (AvgIpc) is 3.11. The summed E-state index contributed by atoms with van der Waals surface area (Å²) >= 11 is 0. The third-order valence-electron chi connectivity index (χ3n) is 4.12. The SMILES string of the molecule is CCNC(=NCCc1cn2ccccc2n1)Nc1ccc(OC)c(OCC)c1.I. The fraction of sp³-hybridized carbons (Fsp3) is 0.333. The first-order chi connectivity index (χ1) is 13.7. The molecule has 0 fully saturated rings. The van der Waals surface area contributed by atoms with Gasteiger partial charge in [0.1, 0.15) is 5.65 Å². The zero-order valence-corrected chi connectivity index (χ0v) is 19.3. The maximum absolute atomic E-state index is 5.64.